The lowest BCUT2D eigenvalue weighted by atomic mass is 10.1. The number of nitrogens with zero attached hydrogens (tertiary/aromatic N) is 3. The summed E-state index contributed by atoms with van der Waals surface area (Å²) < 4.78 is 6.89. The highest BCUT2D eigenvalue weighted by atomic mass is 16.5. The maximum Gasteiger partial charge on any atom is 0.356 e. The fraction of sp³-hybridized carbons (Fsp3) is 0.389. The lowest BCUT2D eigenvalue weighted by Gasteiger charge is -2.23. The van der Waals surface area contributed by atoms with E-state index in [1.54, 1.807) is 16.7 Å². The van der Waals surface area contributed by atoms with Gasteiger partial charge in [0.15, 0.2) is 5.69 Å². The Morgan fingerprint density at radius 3 is 2.85 bits per heavy atom. The number of aryl methyl sites for hydroxylation is 1. The number of rotatable bonds is 4. The molecule has 3 rings (SSSR count). The minimum absolute atomic E-state index is 0.00649. The van der Waals surface area contributed by atoms with Gasteiger partial charge in [0.05, 0.1) is 25.4 Å². The molecule has 1 aromatic heterocycles. The minimum Gasteiger partial charge on any atom is -0.497 e. The standard InChI is InChI=1S/C18H22N4O4/c1-12(13-5-3-6-15(9-13)26-2)19-18(25)21-7-4-8-22-14(11-21)10-16(20-22)17(23)24/h3,5-6,9-10,12H,4,7-8,11H2,1-2H3,(H,19,25)(H,23,24)/t12-/m0/s1. The number of carboxylic acids is 1. The molecule has 2 N–H and O–H groups in total. The van der Waals surface area contributed by atoms with Gasteiger partial charge in [-0.15, -0.1) is 0 Å². The van der Waals surface area contributed by atoms with Gasteiger partial charge in [0.25, 0.3) is 0 Å². The van der Waals surface area contributed by atoms with Gasteiger partial charge in [-0.25, -0.2) is 9.59 Å². The number of aromatic carboxylic acids is 1. The molecule has 0 fully saturated rings. The van der Waals surface area contributed by atoms with E-state index in [0.29, 0.717) is 26.1 Å². The molecule has 0 saturated carbocycles. The van der Waals surface area contributed by atoms with Crippen molar-refractivity contribution in [3.05, 3.63) is 47.3 Å². The van der Waals surface area contributed by atoms with Gasteiger partial charge in [0.2, 0.25) is 0 Å². The number of carboxylic acid groups (broad SMARTS) is 1. The first-order valence-electron chi connectivity index (χ1n) is 8.47. The van der Waals surface area contributed by atoms with Crippen LogP contribution in [0.25, 0.3) is 0 Å². The van der Waals surface area contributed by atoms with Gasteiger partial charge in [-0.2, -0.15) is 5.10 Å². The van der Waals surface area contributed by atoms with Crippen LogP contribution in [-0.4, -0.2) is 45.4 Å². The van der Waals surface area contributed by atoms with Gasteiger partial charge in [-0.3, -0.25) is 4.68 Å². The van der Waals surface area contributed by atoms with Crippen LogP contribution in [-0.2, 0) is 13.1 Å². The molecule has 0 saturated heterocycles. The highest BCUT2D eigenvalue weighted by Gasteiger charge is 2.23. The molecule has 0 unspecified atom stereocenters. The molecule has 138 valence electrons. The summed E-state index contributed by atoms with van der Waals surface area (Å²) in [4.78, 5) is 25.5. The first-order chi connectivity index (χ1) is 12.5. The molecular formula is C18H22N4O4. The fourth-order valence-electron chi connectivity index (χ4n) is 3.01. The Bertz CT molecular complexity index is 817. The topological polar surface area (TPSA) is 96.7 Å². The average Bonchev–Trinajstić information content (AvgIpc) is 2.93. The number of urea groups is 1. The normalized spacial score (nSPS) is 14.9. The molecule has 2 aromatic rings. The molecule has 1 atom stereocenters. The third-order valence-electron chi connectivity index (χ3n) is 4.45. The Labute approximate surface area is 151 Å². The van der Waals surface area contributed by atoms with Crippen molar-refractivity contribution < 1.29 is 19.4 Å². The maximum atomic E-state index is 12.7. The van der Waals surface area contributed by atoms with E-state index in [0.717, 1.165) is 17.0 Å². The minimum atomic E-state index is -1.06. The zero-order chi connectivity index (χ0) is 18.7. The monoisotopic (exact) mass is 358 g/mol. The van der Waals surface area contributed by atoms with Crippen LogP contribution < -0.4 is 10.1 Å². The van der Waals surface area contributed by atoms with E-state index < -0.39 is 5.97 Å². The number of ether oxygens (including phenoxy) is 1. The Hall–Kier alpha value is -3.03. The third-order valence-corrected chi connectivity index (χ3v) is 4.45. The van der Waals surface area contributed by atoms with E-state index in [2.05, 4.69) is 10.4 Å². The van der Waals surface area contributed by atoms with Crippen molar-refractivity contribution in [3.63, 3.8) is 0 Å². The largest absolute Gasteiger partial charge is 0.497 e. The van der Waals surface area contributed by atoms with Gasteiger partial charge in [0.1, 0.15) is 5.75 Å². The maximum absolute atomic E-state index is 12.7. The number of benzene rings is 1. The predicted molar refractivity (Wildman–Crippen MR) is 94.2 cm³/mol. The molecule has 2 amide bonds. The molecule has 1 aliphatic rings. The van der Waals surface area contributed by atoms with Crippen LogP contribution in [0.3, 0.4) is 0 Å². The molecule has 0 bridgehead atoms. The predicted octanol–water partition coefficient (Wildman–Crippen LogP) is 2.27. The molecule has 1 aliphatic heterocycles. The zero-order valence-corrected chi connectivity index (χ0v) is 14.8. The zero-order valence-electron chi connectivity index (χ0n) is 14.8. The van der Waals surface area contributed by atoms with Gasteiger partial charge in [-0.05, 0) is 37.1 Å². The van der Waals surface area contributed by atoms with Crippen molar-refractivity contribution >= 4 is 12.0 Å². The van der Waals surface area contributed by atoms with E-state index >= 15 is 0 Å². The number of methoxy groups -OCH3 is 1. The molecule has 26 heavy (non-hydrogen) atoms. The van der Waals surface area contributed by atoms with E-state index in [4.69, 9.17) is 9.84 Å². The van der Waals surface area contributed by atoms with Crippen LogP contribution in [0.2, 0.25) is 0 Å². The number of hydrogen-bond donors (Lipinski definition) is 2. The quantitative estimate of drug-likeness (QED) is 0.874. The summed E-state index contributed by atoms with van der Waals surface area (Å²) in [5.41, 5.74) is 1.68. The van der Waals surface area contributed by atoms with Crippen LogP contribution in [0.15, 0.2) is 30.3 Å². The Morgan fingerprint density at radius 1 is 1.31 bits per heavy atom. The van der Waals surface area contributed by atoms with Crippen molar-refractivity contribution in [2.75, 3.05) is 13.7 Å². The molecular weight excluding hydrogens is 336 g/mol. The molecule has 2 heterocycles. The molecule has 0 spiro atoms. The lowest BCUT2D eigenvalue weighted by Crippen LogP contribution is -2.40. The number of carbonyl (C=O) groups is 2. The summed E-state index contributed by atoms with van der Waals surface area (Å²) in [6.07, 6.45) is 0.717. The third kappa shape index (κ3) is 3.79. The van der Waals surface area contributed by atoms with E-state index in [9.17, 15) is 9.59 Å². The number of aromatic nitrogens is 2. The van der Waals surface area contributed by atoms with E-state index in [1.807, 2.05) is 31.2 Å². The first kappa shape index (κ1) is 17.8. The van der Waals surface area contributed by atoms with Crippen molar-refractivity contribution in [2.45, 2.75) is 32.5 Å². The van der Waals surface area contributed by atoms with Crippen LogP contribution in [0.1, 0.15) is 41.1 Å². The summed E-state index contributed by atoms with van der Waals surface area (Å²) in [6.45, 7) is 3.43. The highest BCUT2D eigenvalue weighted by molar-refractivity contribution is 5.85. The number of fused-ring (bicyclic) bond motifs is 1. The number of carbonyl (C=O) groups excluding carboxylic acids is 1. The molecule has 1 aromatic carbocycles. The number of hydrogen-bond acceptors (Lipinski definition) is 4. The summed E-state index contributed by atoms with van der Waals surface area (Å²) in [6, 6.07) is 8.72. The van der Waals surface area contributed by atoms with E-state index in [1.165, 1.54) is 6.07 Å². The smallest absolute Gasteiger partial charge is 0.356 e. The van der Waals surface area contributed by atoms with Crippen molar-refractivity contribution in [1.82, 2.24) is 20.0 Å². The molecule has 0 aliphatic carbocycles. The van der Waals surface area contributed by atoms with Crippen LogP contribution in [0, 0.1) is 0 Å². The average molecular weight is 358 g/mol. The Balaban J connectivity index is 1.69. The van der Waals surface area contributed by atoms with Crippen LogP contribution >= 0.6 is 0 Å². The summed E-state index contributed by atoms with van der Waals surface area (Å²) >= 11 is 0. The summed E-state index contributed by atoms with van der Waals surface area (Å²) in [5, 5.41) is 16.2. The fourth-order valence-corrected chi connectivity index (χ4v) is 3.01. The van der Waals surface area contributed by atoms with Gasteiger partial charge in [0, 0.05) is 13.1 Å². The Morgan fingerprint density at radius 2 is 2.12 bits per heavy atom. The number of amides is 2. The number of nitrogens with one attached hydrogen (secondary N) is 1. The highest BCUT2D eigenvalue weighted by Crippen LogP contribution is 2.20. The van der Waals surface area contributed by atoms with Crippen LogP contribution in [0.5, 0.6) is 5.75 Å². The molecule has 0 radical (unpaired) electrons. The molecule has 8 nitrogen and oxygen atoms in total. The van der Waals surface area contributed by atoms with Crippen molar-refractivity contribution in [3.8, 4) is 5.75 Å². The van der Waals surface area contributed by atoms with Crippen molar-refractivity contribution in [2.24, 2.45) is 0 Å². The van der Waals surface area contributed by atoms with Gasteiger partial charge in [-0.1, -0.05) is 12.1 Å². The second kappa shape index (κ2) is 7.47. The van der Waals surface area contributed by atoms with Crippen LogP contribution in [0.4, 0.5) is 4.79 Å². The first-order valence-corrected chi connectivity index (χ1v) is 8.47. The second-order valence-electron chi connectivity index (χ2n) is 6.27. The summed E-state index contributed by atoms with van der Waals surface area (Å²) in [5.74, 6) is -0.323. The SMILES string of the molecule is COc1cccc([C@H](C)NC(=O)N2CCCn3nc(C(=O)O)cc3C2)c1. The molecule has 8 heteroatoms. The Kier molecular flexibility index (Phi) is 5.11. The summed E-state index contributed by atoms with van der Waals surface area (Å²) in [7, 11) is 1.61. The second-order valence-corrected chi connectivity index (χ2v) is 6.27. The van der Waals surface area contributed by atoms with Gasteiger partial charge < -0.3 is 20.1 Å². The lowest BCUT2D eigenvalue weighted by molar-refractivity contribution is 0.0689. The van der Waals surface area contributed by atoms with Crippen molar-refractivity contribution in [1.29, 1.82) is 0 Å². The van der Waals surface area contributed by atoms with Gasteiger partial charge >= 0.3 is 12.0 Å². The van der Waals surface area contributed by atoms with E-state index in [-0.39, 0.29) is 17.8 Å².